The molecule has 3 atom stereocenters. The second kappa shape index (κ2) is 5.19. The van der Waals surface area contributed by atoms with E-state index >= 15 is 0 Å². The van der Waals surface area contributed by atoms with Crippen molar-refractivity contribution >= 4 is 17.3 Å². The molecule has 0 aromatic heterocycles. The molecular weight excluding hydrogens is 292 g/mol. The number of allylic oxidation sites excluding steroid dienone is 2. The van der Waals surface area contributed by atoms with Crippen LogP contribution in [-0.2, 0) is 0 Å². The number of nitrogens with one attached hydrogen (secondary N) is 1. The summed E-state index contributed by atoms with van der Waals surface area (Å²) in [7, 11) is 0. The van der Waals surface area contributed by atoms with Gasteiger partial charge in [-0.25, -0.2) is 0 Å². The Balaban J connectivity index is 1.85. The van der Waals surface area contributed by atoms with E-state index in [0.717, 1.165) is 17.1 Å². The van der Waals surface area contributed by atoms with Gasteiger partial charge in [0.1, 0.15) is 6.07 Å². The van der Waals surface area contributed by atoms with E-state index in [-0.39, 0.29) is 6.04 Å². The lowest BCUT2D eigenvalue weighted by atomic mass is 9.76. The molecule has 1 aliphatic heterocycles. The van der Waals surface area contributed by atoms with Gasteiger partial charge in [-0.2, -0.15) is 5.26 Å². The second-order valence-corrected chi connectivity index (χ2v) is 6.35. The molecule has 2 nitrogen and oxygen atoms in total. The highest BCUT2D eigenvalue weighted by Crippen LogP contribution is 2.50. The normalized spacial score (nSPS) is 25.0. The molecule has 0 bridgehead atoms. The van der Waals surface area contributed by atoms with Crippen molar-refractivity contribution in [2.75, 3.05) is 5.32 Å². The zero-order valence-corrected chi connectivity index (χ0v) is 12.7. The van der Waals surface area contributed by atoms with E-state index in [9.17, 15) is 5.26 Å². The van der Waals surface area contributed by atoms with Crippen molar-refractivity contribution in [3.63, 3.8) is 0 Å². The molecule has 0 fully saturated rings. The first-order valence-electron chi connectivity index (χ1n) is 7.49. The van der Waals surface area contributed by atoms with Crippen LogP contribution in [0.3, 0.4) is 0 Å². The molecule has 3 heteroatoms. The first-order chi connectivity index (χ1) is 10.8. The van der Waals surface area contributed by atoms with Crippen LogP contribution in [-0.4, -0.2) is 0 Å². The lowest BCUT2D eigenvalue weighted by Crippen LogP contribution is -2.29. The van der Waals surface area contributed by atoms with Crippen molar-refractivity contribution in [2.24, 2.45) is 5.92 Å². The molecule has 0 saturated heterocycles. The molecule has 3 unspecified atom stereocenters. The Morgan fingerprint density at radius 3 is 2.86 bits per heavy atom. The summed E-state index contributed by atoms with van der Waals surface area (Å²) in [6, 6.07) is 16.5. The third kappa shape index (κ3) is 2.01. The van der Waals surface area contributed by atoms with Gasteiger partial charge in [0.2, 0.25) is 0 Å². The molecule has 0 radical (unpaired) electrons. The largest absolute Gasteiger partial charge is 0.377 e. The third-order valence-corrected chi connectivity index (χ3v) is 4.96. The number of para-hydroxylation sites is 1. The van der Waals surface area contributed by atoms with Crippen molar-refractivity contribution < 1.29 is 0 Å². The van der Waals surface area contributed by atoms with Crippen LogP contribution in [0.25, 0.3) is 0 Å². The number of nitriles is 1. The molecule has 2 aromatic rings. The van der Waals surface area contributed by atoms with Gasteiger partial charge in [0, 0.05) is 10.9 Å². The van der Waals surface area contributed by atoms with Crippen molar-refractivity contribution in [1.29, 1.82) is 5.26 Å². The third-order valence-electron chi connectivity index (χ3n) is 4.72. The van der Waals surface area contributed by atoms with E-state index in [4.69, 9.17) is 11.6 Å². The minimum Gasteiger partial charge on any atom is -0.377 e. The highest BCUT2D eigenvalue weighted by atomic mass is 35.5. The minimum atomic E-state index is 0.181. The molecule has 1 heterocycles. The van der Waals surface area contributed by atoms with Gasteiger partial charge < -0.3 is 5.32 Å². The van der Waals surface area contributed by atoms with E-state index in [2.05, 4.69) is 35.7 Å². The number of nitrogens with zero attached hydrogens (tertiary/aromatic N) is 1. The van der Waals surface area contributed by atoms with Gasteiger partial charge in [0.25, 0.3) is 0 Å². The fraction of sp³-hybridized carbons (Fsp3) is 0.211. The van der Waals surface area contributed by atoms with E-state index in [0.29, 0.717) is 17.4 Å². The molecule has 1 aliphatic carbocycles. The Labute approximate surface area is 135 Å². The Hall–Kier alpha value is -2.24. The molecule has 22 heavy (non-hydrogen) atoms. The average molecular weight is 307 g/mol. The van der Waals surface area contributed by atoms with Crippen LogP contribution in [0.15, 0.2) is 54.6 Å². The van der Waals surface area contributed by atoms with Crippen LogP contribution >= 0.6 is 11.6 Å². The number of hydrogen-bond acceptors (Lipinski definition) is 2. The van der Waals surface area contributed by atoms with E-state index < -0.39 is 0 Å². The lowest BCUT2D eigenvalue weighted by molar-refractivity contribution is 0.425. The van der Waals surface area contributed by atoms with Crippen molar-refractivity contribution in [3.05, 3.63) is 76.3 Å². The number of benzene rings is 2. The highest BCUT2D eigenvalue weighted by Gasteiger charge is 2.38. The zero-order valence-electron chi connectivity index (χ0n) is 12.0. The van der Waals surface area contributed by atoms with Crippen LogP contribution in [0.4, 0.5) is 5.69 Å². The zero-order chi connectivity index (χ0) is 15.1. The summed E-state index contributed by atoms with van der Waals surface area (Å²) in [5.41, 5.74) is 4.10. The van der Waals surface area contributed by atoms with Gasteiger partial charge in [-0.1, -0.05) is 48.0 Å². The Bertz CT molecular complexity index is 803. The molecular formula is C19H15ClN2. The van der Waals surface area contributed by atoms with Crippen LogP contribution in [0.5, 0.6) is 0 Å². The van der Waals surface area contributed by atoms with Crippen LogP contribution in [0.2, 0.25) is 5.02 Å². The molecule has 2 aromatic carbocycles. The van der Waals surface area contributed by atoms with Gasteiger partial charge in [-0.05, 0) is 41.7 Å². The summed E-state index contributed by atoms with van der Waals surface area (Å²) in [5.74, 6) is 0.841. The monoisotopic (exact) mass is 306 g/mol. The van der Waals surface area contributed by atoms with Crippen molar-refractivity contribution in [1.82, 2.24) is 0 Å². The maximum Gasteiger partial charge on any atom is 0.101 e. The quantitative estimate of drug-likeness (QED) is 0.749. The maximum absolute atomic E-state index is 9.41. The van der Waals surface area contributed by atoms with E-state index in [1.807, 2.05) is 30.3 Å². The SMILES string of the molecule is N#Cc1cccc2c1NC(c1cccc(Cl)c1)C1CC=CC21. The maximum atomic E-state index is 9.41. The second-order valence-electron chi connectivity index (χ2n) is 5.91. The molecule has 0 amide bonds. The van der Waals surface area contributed by atoms with Crippen molar-refractivity contribution in [3.8, 4) is 6.07 Å². The van der Waals surface area contributed by atoms with Gasteiger partial charge in [-0.3, -0.25) is 0 Å². The Kier molecular flexibility index (Phi) is 3.17. The molecule has 108 valence electrons. The predicted molar refractivity (Wildman–Crippen MR) is 89.0 cm³/mol. The topological polar surface area (TPSA) is 35.8 Å². The standard InChI is InChI=1S/C19H15ClN2/c20-14-6-1-4-12(10-14)18-16-9-3-7-15(16)17-8-2-5-13(11-21)19(17)22-18/h1-8,10,15-16,18,22H,9H2. The molecule has 2 aliphatic rings. The Morgan fingerprint density at radius 2 is 2.05 bits per heavy atom. The highest BCUT2D eigenvalue weighted by molar-refractivity contribution is 6.30. The first-order valence-corrected chi connectivity index (χ1v) is 7.87. The van der Waals surface area contributed by atoms with Gasteiger partial charge in [0.05, 0.1) is 17.3 Å². The summed E-state index contributed by atoms with van der Waals surface area (Å²) in [5, 5.41) is 13.8. The summed E-state index contributed by atoms with van der Waals surface area (Å²) >= 11 is 6.17. The fourth-order valence-corrected chi connectivity index (χ4v) is 3.94. The molecule has 0 saturated carbocycles. The van der Waals surface area contributed by atoms with Gasteiger partial charge in [-0.15, -0.1) is 0 Å². The van der Waals surface area contributed by atoms with E-state index in [1.54, 1.807) is 0 Å². The van der Waals surface area contributed by atoms with Crippen molar-refractivity contribution in [2.45, 2.75) is 18.4 Å². The number of fused-ring (bicyclic) bond motifs is 3. The average Bonchev–Trinajstić information content (AvgIpc) is 3.03. The van der Waals surface area contributed by atoms with Crippen LogP contribution < -0.4 is 5.32 Å². The number of rotatable bonds is 1. The lowest BCUT2D eigenvalue weighted by Gasteiger charge is -2.38. The van der Waals surface area contributed by atoms with Gasteiger partial charge in [0.15, 0.2) is 0 Å². The molecule has 4 rings (SSSR count). The predicted octanol–water partition coefficient (Wildman–Crippen LogP) is 5.04. The summed E-state index contributed by atoms with van der Waals surface area (Å²) in [4.78, 5) is 0. The van der Waals surface area contributed by atoms with Crippen LogP contribution in [0.1, 0.15) is 35.1 Å². The Morgan fingerprint density at radius 1 is 1.18 bits per heavy atom. The minimum absolute atomic E-state index is 0.181. The number of hydrogen-bond donors (Lipinski definition) is 1. The number of anilines is 1. The van der Waals surface area contributed by atoms with E-state index in [1.165, 1.54) is 11.1 Å². The summed E-state index contributed by atoms with van der Waals surface area (Å²) < 4.78 is 0. The number of halogens is 1. The summed E-state index contributed by atoms with van der Waals surface area (Å²) in [6.45, 7) is 0. The summed E-state index contributed by atoms with van der Waals surface area (Å²) in [6.07, 6.45) is 5.58. The smallest absolute Gasteiger partial charge is 0.101 e. The van der Waals surface area contributed by atoms with Crippen LogP contribution in [0, 0.1) is 17.2 Å². The molecule has 1 N–H and O–H groups in total. The fourth-order valence-electron chi connectivity index (χ4n) is 3.74. The first kappa shape index (κ1) is 13.4. The molecule has 0 spiro atoms. The van der Waals surface area contributed by atoms with Gasteiger partial charge >= 0.3 is 0 Å².